The van der Waals surface area contributed by atoms with Crippen molar-refractivity contribution in [1.82, 2.24) is 14.8 Å². The molecule has 0 atom stereocenters. The van der Waals surface area contributed by atoms with Crippen molar-refractivity contribution in [3.05, 3.63) is 64.7 Å². The van der Waals surface area contributed by atoms with Crippen molar-refractivity contribution in [2.45, 2.75) is 13.8 Å². The molecule has 0 fully saturated rings. The van der Waals surface area contributed by atoms with Crippen molar-refractivity contribution in [3.63, 3.8) is 0 Å². The predicted molar refractivity (Wildman–Crippen MR) is 111 cm³/mol. The molecule has 0 unspecified atom stereocenters. The first-order valence-corrected chi connectivity index (χ1v) is 9.62. The van der Waals surface area contributed by atoms with Crippen LogP contribution in [-0.4, -0.2) is 26.5 Å². The minimum Gasteiger partial charge on any atom is -0.322 e. The van der Waals surface area contributed by atoms with Gasteiger partial charge in [-0.2, -0.15) is 5.10 Å². The topological polar surface area (TPSA) is 76.9 Å². The number of carbonyl (C=O) groups is 2. The van der Waals surface area contributed by atoms with Gasteiger partial charge in [-0.05, 0) is 43.5 Å². The number of thiophene rings is 1. The number of amides is 1. The maximum Gasteiger partial charge on any atom is 0.256 e. The van der Waals surface area contributed by atoms with Crippen molar-refractivity contribution >= 4 is 39.7 Å². The molecule has 4 rings (SSSR count). The Morgan fingerprint density at radius 1 is 1.14 bits per heavy atom. The fourth-order valence-electron chi connectivity index (χ4n) is 3.19. The second-order valence-corrected chi connectivity index (χ2v) is 7.48. The average molecular weight is 390 g/mol. The van der Waals surface area contributed by atoms with E-state index in [-0.39, 0.29) is 11.7 Å². The zero-order chi connectivity index (χ0) is 19.8. The van der Waals surface area contributed by atoms with Gasteiger partial charge in [-0.3, -0.25) is 14.3 Å². The van der Waals surface area contributed by atoms with E-state index in [0.717, 1.165) is 21.7 Å². The minimum atomic E-state index is -0.262. The molecular weight excluding hydrogens is 372 g/mol. The second-order valence-electron chi connectivity index (χ2n) is 6.53. The summed E-state index contributed by atoms with van der Waals surface area (Å²) < 4.78 is 1.69. The summed E-state index contributed by atoms with van der Waals surface area (Å²) in [4.78, 5) is 30.4. The third-order valence-corrected chi connectivity index (χ3v) is 5.41. The first kappa shape index (κ1) is 18.1. The molecule has 0 aliphatic carbocycles. The van der Waals surface area contributed by atoms with Crippen molar-refractivity contribution in [2.24, 2.45) is 7.05 Å². The van der Waals surface area contributed by atoms with Gasteiger partial charge in [0.2, 0.25) is 0 Å². The maximum atomic E-state index is 13.1. The van der Waals surface area contributed by atoms with Crippen LogP contribution in [0.1, 0.15) is 33.3 Å². The van der Waals surface area contributed by atoms with Crippen LogP contribution in [0.4, 0.5) is 5.69 Å². The molecule has 28 heavy (non-hydrogen) atoms. The van der Waals surface area contributed by atoms with Crippen LogP contribution in [0.15, 0.2) is 47.8 Å². The molecule has 0 aliphatic rings. The molecular formula is C21H18N4O2S. The SMILES string of the molecule is CC(=O)c1cccc(NC(=O)c2cc(-c3cccs3)nc3c2c(C)nn3C)c1. The molecule has 0 saturated carbocycles. The van der Waals surface area contributed by atoms with Crippen LogP contribution in [0.2, 0.25) is 0 Å². The van der Waals surface area contributed by atoms with Crippen LogP contribution in [-0.2, 0) is 7.05 Å². The molecule has 7 heteroatoms. The van der Waals surface area contributed by atoms with Crippen LogP contribution >= 0.6 is 11.3 Å². The molecule has 0 bridgehead atoms. The minimum absolute atomic E-state index is 0.0505. The molecule has 0 saturated heterocycles. The van der Waals surface area contributed by atoms with Gasteiger partial charge in [-0.1, -0.05) is 18.2 Å². The summed E-state index contributed by atoms with van der Waals surface area (Å²) in [5.74, 6) is -0.313. The van der Waals surface area contributed by atoms with Gasteiger partial charge < -0.3 is 5.32 Å². The second kappa shape index (κ2) is 7.01. The van der Waals surface area contributed by atoms with Crippen molar-refractivity contribution in [1.29, 1.82) is 0 Å². The number of Topliss-reactive ketones (excluding diaryl/α,β-unsaturated/α-hetero) is 1. The number of benzene rings is 1. The van der Waals surface area contributed by atoms with Gasteiger partial charge in [0.15, 0.2) is 11.4 Å². The molecule has 4 aromatic rings. The van der Waals surface area contributed by atoms with E-state index in [1.807, 2.05) is 31.5 Å². The largest absolute Gasteiger partial charge is 0.322 e. The number of hydrogen-bond donors (Lipinski definition) is 1. The summed E-state index contributed by atoms with van der Waals surface area (Å²) in [5.41, 5.74) is 3.76. The molecule has 1 N–H and O–H groups in total. The van der Waals surface area contributed by atoms with Gasteiger partial charge in [0.1, 0.15) is 0 Å². The Morgan fingerprint density at radius 2 is 1.96 bits per heavy atom. The van der Waals surface area contributed by atoms with Crippen molar-refractivity contribution in [2.75, 3.05) is 5.32 Å². The number of anilines is 1. The zero-order valence-corrected chi connectivity index (χ0v) is 16.5. The van der Waals surface area contributed by atoms with Gasteiger partial charge in [-0.15, -0.1) is 11.3 Å². The lowest BCUT2D eigenvalue weighted by molar-refractivity contribution is 0.101. The fraction of sp³-hybridized carbons (Fsp3) is 0.143. The number of nitrogens with one attached hydrogen (secondary N) is 1. The first-order chi connectivity index (χ1) is 13.4. The Hall–Kier alpha value is -3.32. The van der Waals surface area contributed by atoms with E-state index < -0.39 is 0 Å². The lowest BCUT2D eigenvalue weighted by Crippen LogP contribution is -2.13. The number of aryl methyl sites for hydroxylation is 2. The third kappa shape index (κ3) is 3.20. The monoisotopic (exact) mass is 390 g/mol. The molecule has 0 radical (unpaired) electrons. The highest BCUT2D eigenvalue weighted by Gasteiger charge is 2.20. The predicted octanol–water partition coefficient (Wildman–Crippen LogP) is 4.46. The van der Waals surface area contributed by atoms with Crippen LogP contribution < -0.4 is 5.32 Å². The fourth-order valence-corrected chi connectivity index (χ4v) is 3.88. The van der Waals surface area contributed by atoms with E-state index in [0.29, 0.717) is 22.5 Å². The molecule has 140 valence electrons. The first-order valence-electron chi connectivity index (χ1n) is 8.74. The number of rotatable bonds is 4. The van der Waals surface area contributed by atoms with E-state index in [9.17, 15) is 9.59 Å². The van der Waals surface area contributed by atoms with Crippen LogP contribution in [0, 0.1) is 6.92 Å². The number of aromatic nitrogens is 3. The van der Waals surface area contributed by atoms with Gasteiger partial charge in [0.05, 0.1) is 27.2 Å². The average Bonchev–Trinajstić information content (AvgIpc) is 3.30. The number of ketones is 1. The smallest absolute Gasteiger partial charge is 0.256 e. The summed E-state index contributed by atoms with van der Waals surface area (Å²) in [7, 11) is 1.82. The Balaban J connectivity index is 1.81. The number of hydrogen-bond acceptors (Lipinski definition) is 5. The lowest BCUT2D eigenvalue weighted by atomic mass is 10.1. The summed E-state index contributed by atoms with van der Waals surface area (Å²) in [5, 5.41) is 10.0. The summed E-state index contributed by atoms with van der Waals surface area (Å²) in [6, 6.07) is 12.6. The van der Waals surface area contributed by atoms with Crippen molar-refractivity contribution < 1.29 is 9.59 Å². The van der Waals surface area contributed by atoms with E-state index >= 15 is 0 Å². The van der Waals surface area contributed by atoms with E-state index in [1.54, 1.807) is 46.4 Å². The third-order valence-electron chi connectivity index (χ3n) is 4.51. The van der Waals surface area contributed by atoms with Crippen LogP contribution in [0.5, 0.6) is 0 Å². The molecule has 3 heterocycles. The van der Waals surface area contributed by atoms with E-state index in [4.69, 9.17) is 4.98 Å². The van der Waals surface area contributed by atoms with E-state index in [1.165, 1.54) is 6.92 Å². The normalized spacial score (nSPS) is 11.0. The van der Waals surface area contributed by atoms with Gasteiger partial charge in [0, 0.05) is 18.3 Å². The highest BCUT2D eigenvalue weighted by molar-refractivity contribution is 7.13. The standard InChI is InChI=1S/C21H18N4O2S/c1-12-19-16(21(27)22-15-7-4-6-14(10-15)13(2)26)11-17(18-8-5-9-28-18)23-20(19)25(3)24-12/h4-11H,1-3H3,(H,22,27). The Morgan fingerprint density at radius 3 is 2.68 bits per heavy atom. The van der Waals surface area contributed by atoms with Crippen molar-refractivity contribution in [3.8, 4) is 10.6 Å². The number of pyridine rings is 1. The van der Waals surface area contributed by atoms with Gasteiger partial charge in [0.25, 0.3) is 5.91 Å². The zero-order valence-electron chi connectivity index (χ0n) is 15.7. The highest BCUT2D eigenvalue weighted by atomic mass is 32.1. The maximum absolute atomic E-state index is 13.1. The summed E-state index contributed by atoms with van der Waals surface area (Å²) >= 11 is 1.57. The number of fused-ring (bicyclic) bond motifs is 1. The highest BCUT2D eigenvalue weighted by Crippen LogP contribution is 2.29. The quantitative estimate of drug-likeness (QED) is 0.522. The summed E-state index contributed by atoms with van der Waals surface area (Å²) in [6.07, 6.45) is 0. The Labute approximate surface area is 165 Å². The number of nitrogens with zero attached hydrogens (tertiary/aromatic N) is 3. The van der Waals surface area contributed by atoms with Gasteiger partial charge >= 0.3 is 0 Å². The molecule has 0 aliphatic heterocycles. The Kier molecular flexibility index (Phi) is 4.52. The molecule has 1 amide bonds. The molecule has 0 spiro atoms. The number of carbonyl (C=O) groups excluding carboxylic acids is 2. The Bertz CT molecular complexity index is 1210. The lowest BCUT2D eigenvalue weighted by Gasteiger charge is -2.09. The molecule has 6 nitrogen and oxygen atoms in total. The van der Waals surface area contributed by atoms with Crippen LogP contribution in [0.3, 0.4) is 0 Å². The summed E-state index contributed by atoms with van der Waals surface area (Å²) in [6.45, 7) is 3.36. The van der Waals surface area contributed by atoms with E-state index in [2.05, 4.69) is 10.4 Å². The van der Waals surface area contributed by atoms with Crippen LogP contribution in [0.25, 0.3) is 21.6 Å². The van der Waals surface area contributed by atoms with Gasteiger partial charge in [-0.25, -0.2) is 4.98 Å². The molecule has 1 aromatic carbocycles. The molecule has 3 aromatic heterocycles.